The molecule has 1 rings (SSSR count). The van der Waals surface area contributed by atoms with Crippen LogP contribution in [0.15, 0.2) is 0 Å². The van der Waals surface area contributed by atoms with Crippen LogP contribution in [0.2, 0.25) is 0 Å². The quantitative estimate of drug-likeness (QED) is 0.724. The fraction of sp³-hybridized carbons (Fsp3) is 0.545. The molecule has 0 aromatic carbocycles. The number of ether oxygens (including phenoxy) is 3. The topological polar surface area (TPSA) is 79.7 Å². The minimum Gasteiger partial charge on any atom is -0.468 e. The molecule has 0 aliphatic rings. The van der Waals surface area contributed by atoms with Gasteiger partial charge in [-0.25, -0.2) is 9.59 Å². The van der Waals surface area contributed by atoms with E-state index in [1.165, 1.54) is 11.7 Å². The third kappa shape index (κ3) is 2.61. The van der Waals surface area contributed by atoms with Crippen LogP contribution in [-0.2, 0) is 16.5 Å². The lowest BCUT2D eigenvalue weighted by molar-refractivity contribution is 0.0468. The first-order valence-electron chi connectivity index (χ1n) is 5.51. The Morgan fingerprint density at radius 3 is 2.22 bits per heavy atom. The fourth-order valence-corrected chi connectivity index (χ4v) is 1.44. The van der Waals surface area contributed by atoms with E-state index >= 15 is 0 Å². The molecule has 0 fully saturated rings. The Kier molecular flexibility index (Phi) is 4.70. The number of rotatable bonds is 5. The second-order valence-corrected chi connectivity index (χ2v) is 3.30. The number of esters is 2. The van der Waals surface area contributed by atoms with Gasteiger partial charge in [-0.05, 0) is 13.8 Å². The first-order valence-corrected chi connectivity index (χ1v) is 5.51. The second kappa shape index (κ2) is 6.04. The SMILES string of the molecule is CCOC(=O)c1nc(OC)n(C)c1C(=O)OCC. The minimum absolute atomic E-state index is 0.0205. The van der Waals surface area contributed by atoms with Crippen molar-refractivity contribution in [3.63, 3.8) is 0 Å². The van der Waals surface area contributed by atoms with Crippen LogP contribution in [0.1, 0.15) is 34.8 Å². The van der Waals surface area contributed by atoms with Gasteiger partial charge in [-0.2, -0.15) is 4.98 Å². The zero-order valence-corrected chi connectivity index (χ0v) is 10.8. The summed E-state index contributed by atoms with van der Waals surface area (Å²) in [6.45, 7) is 3.74. The summed E-state index contributed by atoms with van der Waals surface area (Å²) in [5.41, 5.74) is -0.0817. The van der Waals surface area contributed by atoms with Gasteiger partial charge in [0.05, 0.1) is 20.3 Å². The van der Waals surface area contributed by atoms with E-state index in [4.69, 9.17) is 14.2 Å². The summed E-state index contributed by atoms with van der Waals surface area (Å²) in [6.07, 6.45) is 0. The molecule has 0 saturated heterocycles. The molecule has 7 heteroatoms. The molecule has 0 spiro atoms. The molecule has 0 atom stereocenters. The number of carbonyl (C=O) groups is 2. The molecule has 0 saturated carbocycles. The van der Waals surface area contributed by atoms with Crippen LogP contribution in [-0.4, -0.2) is 41.8 Å². The van der Waals surface area contributed by atoms with Crippen LogP contribution in [0.25, 0.3) is 0 Å². The summed E-state index contributed by atoms with van der Waals surface area (Å²) in [7, 11) is 2.95. The third-order valence-electron chi connectivity index (χ3n) is 2.17. The first-order chi connectivity index (χ1) is 8.56. The zero-order chi connectivity index (χ0) is 13.7. The van der Waals surface area contributed by atoms with E-state index in [0.717, 1.165) is 0 Å². The Bertz CT molecular complexity index is 453. The summed E-state index contributed by atoms with van der Waals surface area (Å²) in [5.74, 6) is -1.32. The van der Waals surface area contributed by atoms with Crippen molar-refractivity contribution in [3.05, 3.63) is 11.4 Å². The normalized spacial score (nSPS) is 10.0. The molecule has 0 amide bonds. The fourth-order valence-electron chi connectivity index (χ4n) is 1.44. The lowest BCUT2D eigenvalue weighted by Gasteiger charge is -2.05. The Morgan fingerprint density at radius 1 is 1.17 bits per heavy atom. The van der Waals surface area contributed by atoms with Gasteiger partial charge in [0.1, 0.15) is 0 Å². The molecule has 0 N–H and O–H groups in total. The van der Waals surface area contributed by atoms with Gasteiger partial charge in [-0.3, -0.25) is 4.57 Å². The molecular weight excluding hydrogens is 240 g/mol. The van der Waals surface area contributed by atoms with Crippen LogP contribution in [0.3, 0.4) is 0 Å². The molecule has 1 heterocycles. The second-order valence-electron chi connectivity index (χ2n) is 3.30. The number of hydrogen-bond acceptors (Lipinski definition) is 6. The van der Waals surface area contributed by atoms with Crippen molar-refractivity contribution in [1.82, 2.24) is 9.55 Å². The van der Waals surface area contributed by atoms with E-state index in [0.29, 0.717) is 0 Å². The lowest BCUT2D eigenvalue weighted by atomic mass is 10.3. The van der Waals surface area contributed by atoms with Crippen molar-refractivity contribution in [2.24, 2.45) is 7.05 Å². The maximum atomic E-state index is 11.8. The molecular formula is C11H16N2O5. The molecule has 0 aliphatic heterocycles. The van der Waals surface area contributed by atoms with Crippen molar-refractivity contribution in [3.8, 4) is 6.01 Å². The molecule has 1 aromatic rings. The Hall–Kier alpha value is -2.05. The summed E-state index contributed by atoms with van der Waals surface area (Å²) < 4.78 is 16.0. The number of methoxy groups -OCH3 is 1. The number of aromatic nitrogens is 2. The number of hydrogen-bond donors (Lipinski definition) is 0. The zero-order valence-electron chi connectivity index (χ0n) is 10.8. The van der Waals surface area contributed by atoms with E-state index in [2.05, 4.69) is 4.98 Å². The summed E-state index contributed by atoms with van der Waals surface area (Å²) in [5, 5.41) is 0. The molecule has 0 unspecified atom stereocenters. The lowest BCUT2D eigenvalue weighted by Crippen LogP contribution is -2.16. The number of carbonyl (C=O) groups excluding carboxylic acids is 2. The summed E-state index contributed by atoms with van der Waals surface area (Å²) in [6, 6.07) is 0.140. The highest BCUT2D eigenvalue weighted by atomic mass is 16.5. The Labute approximate surface area is 105 Å². The van der Waals surface area contributed by atoms with E-state index in [9.17, 15) is 9.59 Å². The maximum Gasteiger partial charge on any atom is 0.359 e. The standard InChI is InChI=1S/C11H16N2O5/c1-5-17-9(14)7-8(10(15)18-6-2)13(3)11(12-7)16-4/h5-6H2,1-4H3. The van der Waals surface area contributed by atoms with E-state index in [1.807, 2.05) is 0 Å². The molecule has 18 heavy (non-hydrogen) atoms. The highest BCUT2D eigenvalue weighted by Gasteiger charge is 2.28. The monoisotopic (exact) mass is 256 g/mol. The van der Waals surface area contributed by atoms with Crippen LogP contribution in [0, 0.1) is 0 Å². The van der Waals surface area contributed by atoms with Crippen LogP contribution >= 0.6 is 0 Å². The van der Waals surface area contributed by atoms with E-state index < -0.39 is 11.9 Å². The van der Waals surface area contributed by atoms with Gasteiger partial charge in [-0.1, -0.05) is 0 Å². The van der Waals surface area contributed by atoms with Crippen molar-refractivity contribution < 1.29 is 23.8 Å². The van der Waals surface area contributed by atoms with E-state index in [1.54, 1.807) is 20.9 Å². The van der Waals surface area contributed by atoms with Crippen LogP contribution < -0.4 is 4.74 Å². The summed E-state index contributed by atoms with van der Waals surface area (Å²) in [4.78, 5) is 27.4. The highest BCUT2D eigenvalue weighted by molar-refractivity contribution is 6.01. The van der Waals surface area contributed by atoms with Gasteiger partial charge in [0.25, 0.3) is 6.01 Å². The van der Waals surface area contributed by atoms with Crippen molar-refractivity contribution in [1.29, 1.82) is 0 Å². The van der Waals surface area contributed by atoms with Crippen molar-refractivity contribution in [2.45, 2.75) is 13.8 Å². The van der Waals surface area contributed by atoms with Crippen molar-refractivity contribution >= 4 is 11.9 Å². The van der Waals surface area contributed by atoms with Gasteiger partial charge in [0, 0.05) is 7.05 Å². The predicted octanol–water partition coefficient (Wildman–Crippen LogP) is 0.782. The minimum atomic E-state index is -0.681. The van der Waals surface area contributed by atoms with Gasteiger partial charge in [-0.15, -0.1) is 0 Å². The van der Waals surface area contributed by atoms with Gasteiger partial charge in [0.2, 0.25) is 0 Å². The average molecular weight is 256 g/mol. The van der Waals surface area contributed by atoms with Crippen molar-refractivity contribution in [2.75, 3.05) is 20.3 Å². The third-order valence-corrected chi connectivity index (χ3v) is 2.17. The number of imidazole rings is 1. The largest absolute Gasteiger partial charge is 0.468 e. The van der Waals surface area contributed by atoms with Gasteiger partial charge >= 0.3 is 11.9 Å². The molecule has 0 aliphatic carbocycles. The molecule has 0 bridgehead atoms. The first kappa shape index (κ1) is 14.0. The smallest absolute Gasteiger partial charge is 0.359 e. The maximum absolute atomic E-state index is 11.8. The van der Waals surface area contributed by atoms with Gasteiger partial charge in [0.15, 0.2) is 11.4 Å². The summed E-state index contributed by atoms with van der Waals surface area (Å²) >= 11 is 0. The molecule has 1 aromatic heterocycles. The molecule has 7 nitrogen and oxygen atoms in total. The van der Waals surface area contributed by atoms with Crippen LogP contribution in [0.5, 0.6) is 6.01 Å². The molecule has 0 radical (unpaired) electrons. The highest BCUT2D eigenvalue weighted by Crippen LogP contribution is 2.18. The molecule has 100 valence electrons. The van der Waals surface area contributed by atoms with E-state index in [-0.39, 0.29) is 30.6 Å². The van der Waals surface area contributed by atoms with Crippen LogP contribution in [0.4, 0.5) is 0 Å². The average Bonchev–Trinajstić information content (AvgIpc) is 2.67. The number of nitrogens with zero attached hydrogens (tertiary/aromatic N) is 2. The van der Waals surface area contributed by atoms with Gasteiger partial charge < -0.3 is 14.2 Å². The Balaban J connectivity index is 3.23. The predicted molar refractivity (Wildman–Crippen MR) is 61.7 cm³/mol. The Morgan fingerprint density at radius 2 is 1.72 bits per heavy atom.